The Hall–Kier alpha value is -1.79. The Labute approximate surface area is 186 Å². The number of aryl methyl sites for hydroxylation is 1. The monoisotopic (exact) mass is 476 g/mol. The lowest BCUT2D eigenvalue weighted by atomic mass is 10.1. The Balaban J connectivity index is 2.10. The van der Waals surface area contributed by atoms with Crippen LogP contribution in [0.15, 0.2) is 57.9 Å². The van der Waals surface area contributed by atoms with Gasteiger partial charge in [-0.25, -0.2) is 0 Å². The number of hydrogen-bond acceptors (Lipinski definition) is 3. The summed E-state index contributed by atoms with van der Waals surface area (Å²) in [6.07, 6.45) is 0. The van der Waals surface area contributed by atoms with E-state index >= 15 is 0 Å². The number of carbonyl (C=O) groups excluding carboxylic acids is 2. The molecule has 0 aliphatic rings. The topological polar surface area (TPSA) is 49.4 Å². The quantitative estimate of drug-likeness (QED) is 0.515. The number of nitrogens with one attached hydrogen (secondary N) is 1. The van der Waals surface area contributed by atoms with E-state index in [-0.39, 0.29) is 11.8 Å². The van der Waals surface area contributed by atoms with Crippen molar-refractivity contribution >= 4 is 39.5 Å². The van der Waals surface area contributed by atoms with Crippen molar-refractivity contribution in [1.82, 2.24) is 10.2 Å². The molecule has 0 unspecified atom stereocenters. The van der Waals surface area contributed by atoms with E-state index < -0.39 is 6.04 Å². The largest absolute Gasteiger partial charge is 0.354 e. The third-order valence-corrected chi connectivity index (χ3v) is 6.03. The predicted octanol–water partition coefficient (Wildman–Crippen LogP) is 5.04. The van der Waals surface area contributed by atoms with Crippen molar-refractivity contribution in [2.45, 2.75) is 45.2 Å². The minimum absolute atomic E-state index is 0.0503. The van der Waals surface area contributed by atoms with Gasteiger partial charge in [-0.15, -0.1) is 11.8 Å². The van der Waals surface area contributed by atoms with E-state index in [2.05, 4.69) is 21.2 Å². The number of thioether (sulfide) groups is 1. The Kier molecular flexibility index (Phi) is 9.24. The van der Waals surface area contributed by atoms with E-state index in [1.807, 2.05) is 69.3 Å². The van der Waals surface area contributed by atoms with Gasteiger partial charge < -0.3 is 10.2 Å². The molecule has 2 amide bonds. The van der Waals surface area contributed by atoms with Gasteiger partial charge in [0, 0.05) is 22.5 Å². The van der Waals surface area contributed by atoms with Crippen LogP contribution >= 0.6 is 27.7 Å². The summed E-state index contributed by atoms with van der Waals surface area (Å²) in [5.41, 5.74) is 2.18. The Morgan fingerprint density at radius 1 is 1.03 bits per heavy atom. The smallest absolute Gasteiger partial charge is 0.242 e. The van der Waals surface area contributed by atoms with Crippen LogP contribution in [0.5, 0.6) is 0 Å². The maximum absolute atomic E-state index is 13.1. The van der Waals surface area contributed by atoms with Crippen molar-refractivity contribution in [3.05, 3.63) is 64.1 Å². The van der Waals surface area contributed by atoms with E-state index in [4.69, 9.17) is 0 Å². The first-order valence-electron chi connectivity index (χ1n) is 9.77. The highest BCUT2D eigenvalue weighted by Crippen LogP contribution is 2.21. The lowest BCUT2D eigenvalue weighted by Crippen LogP contribution is -2.48. The number of benzene rings is 2. The molecule has 0 fully saturated rings. The van der Waals surface area contributed by atoms with Crippen molar-refractivity contribution in [2.24, 2.45) is 5.92 Å². The molecule has 0 heterocycles. The summed E-state index contributed by atoms with van der Waals surface area (Å²) in [5, 5.41) is 2.95. The van der Waals surface area contributed by atoms with E-state index in [1.165, 1.54) is 17.3 Å². The van der Waals surface area contributed by atoms with E-state index in [0.717, 1.165) is 14.9 Å². The van der Waals surface area contributed by atoms with E-state index in [1.54, 1.807) is 11.8 Å². The molecule has 1 atom stereocenters. The Morgan fingerprint density at radius 3 is 2.24 bits per heavy atom. The number of hydrogen-bond donors (Lipinski definition) is 1. The van der Waals surface area contributed by atoms with Gasteiger partial charge >= 0.3 is 0 Å². The molecule has 0 spiro atoms. The summed E-state index contributed by atoms with van der Waals surface area (Å²) in [6.45, 7) is 8.93. The van der Waals surface area contributed by atoms with Crippen molar-refractivity contribution in [1.29, 1.82) is 0 Å². The van der Waals surface area contributed by atoms with Crippen LogP contribution in [0.2, 0.25) is 0 Å². The summed E-state index contributed by atoms with van der Waals surface area (Å²) in [7, 11) is 0. The zero-order chi connectivity index (χ0) is 21.4. The second-order valence-electron chi connectivity index (χ2n) is 7.56. The maximum Gasteiger partial charge on any atom is 0.242 e. The predicted molar refractivity (Wildman–Crippen MR) is 124 cm³/mol. The molecule has 0 aliphatic heterocycles. The number of amides is 2. The van der Waals surface area contributed by atoms with Crippen LogP contribution in [0.25, 0.3) is 0 Å². The highest BCUT2D eigenvalue weighted by Gasteiger charge is 2.26. The molecule has 156 valence electrons. The molecule has 29 heavy (non-hydrogen) atoms. The van der Waals surface area contributed by atoms with Gasteiger partial charge in [0.05, 0.1) is 5.75 Å². The van der Waals surface area contributed by atoms with Crippen LogP contribution in [0.3, 0.4) is 0 Å². The second kappa shape index (κ2) is 11.4. The maximum atomic E-state index is 13.1. The lowest BCUT2D eigenvalue weighted by Gasteiger charge is -2.29. The van der Waals surface area contributed by atoms with Crippen LogP contribution in [0.4, 0.5) is 0 Å². The van der Waals surface area contributed by atoms with Crippen LogP contribution in [0.1, 0.15) is 31.9 Å². The summed E-state index contributed by atoms with van der Waals surface area (Å²) >= 11 is 4.93. The van der Waals surface area contributed by atoms with Crippen molar-refractivity contribution in [3.63, 3.8) is 0 Å². The SMILES string of the molecule is Cc1ccc(SCC(=O)N(Cc2ccc(Br)cc2)[C@H](C)C(=O)NCC(C)C)cc1. The number of halogens is 1. The molecule has 2 aromatic rings. The minimum Gasteiger partial charge on any atom is -0.354 e. The standard InChI is InChI=1S/C23H29BrN2O2S/c1-16(2)13-25-23(28)18(4)26(14-19-7-9-20(24)10-8-19)22(27)15-29-21-11-5-17(3)6-12-21/h5-12,16,18H,13-15H2,1-4H3,(H,25,28)/t18-/m1/s1. The zero-order valence-corrected chi connectivity index (χ0v) is 19.8. The first kappa shape index (κ1) is 23.5. The fourth-order valence-corrected chi connectivity index (χ4v) is 3.73. The van der Waals surface area contributed by atoms with Gasteiger partial charge in [0.2, 0.25) is 11.8 Å². The van der Waals surface area contributed by atoms with Crippen molar-refractivity contribution in [3.8, 4) is 0 Å². The molecule has 0 saturated carbocycles. The summed E-state index contributed by atoms with van der Waals surface area (Å²) < 4.78 is 0.983. The van der Waals surface area contributed by atoms with Crippen LogP contribution in [-0.4, -0.2) is 35.1 Å². The Bertz CT molecular complexity index is 807. The van der Waals surface area contributed by atoms with Gasteiger partial charge in [-0.05, 0) is 49.6 Å². The summed E-state index contributed by atoms with van der Waals surface area (Å²) in [4.78, 5) is 28.4. The van der Waals surface area contributed by atoms with Gasteiger partial charge in [-0.2, -0.15) is 0 Å². The highest BCUT2D eigenvalue weighted by atomic mass is 79.9. The second-order valence-corrected chi connectivity index (χ2v) is 9.53. The molecule has 0 aliphatic carbocycles. The molecule has 1 N–H and O–H groups in total. The molecule has 0 saturated heterocycles. The average Bonchev–Trinajstić information content (AvgIpc) is 2.70. The number of nitrogens with zero attached hydrogens (tertiary/aromatic N) is 1. The average molecular weight is 477 g/mol. The van der Waals surface area contributed by atoms with Crippen LogP contribution in [0, 0.1) is 12.8 Å². The number of carbonyl (C=O) groups is 2. The number of rotatable bonds is 9. The molecule has 6 heteroatoms. The molecule has 0 aromatic heterocycles. The summed E-state index contributed by atoms with van der Waals surface area (Å²) in [6, 6.07) is 15.4. The van der Waals surface area contributed by atoms with Gasteiger partial charge in [-0.3, -0.25) is 9.59 Å². The van der Waals surface area contributed by atoms with Gasteiger partial charge in [-0.1, -0.05) is 59.6 Å². The normalized spacial score (nSPS) is 11.9. The highest BCUT2D eigenvalue weighted by molar-refractivity contribution is 9.10. The van der Waals surface area contributed by atoms with Gasteiger partial charge in [0.1, 0.15) is 6.04 Å². The first-order valence-corrected chi connectivity index (χ1v) is 11.5. The van der Waals surface area contributed by atoms with Crippen molar-refractivity contribution in [2.75, 3.05) is 12.3 Å². The third-order valence-electron chi connectivity index (χ3n) is 4.50. The lowest BCUT2D eigenvalue weighted by molar-refractivity contribution is -0.138. The van der Waals surface area contributed by atoms with Crippen LogP contribution in [-0.2, 0) is 16.1 Å². The third kappa shape index (κ3) is 7.86. The minimum atomic E-state index is -0.538. The molecule has 2 rings (SSSR count). The molecule has 0 bridgehead atoms. The van der Waals surface area contributed by atoms with E-state index in [0.29, 0.717) is 24.8 Å². The Morgan fingerprint density at radius 2 is 1.66 bits per heavy atom. The molecular formula is C23H29BrN2O2S. The molecular weight excluding hydrogens is 448 g/mol. The van der Waals surface area contributed by atoms with E-state index in [9.17, 15) is 9.59 Å². The molecule has 2 aromatic carbocycles. The van der Waals surface area contributed by atoms with Gasteiger partial charge in [0.15, 0.2) is 0 Å². The fraction of sp³-hybridized carbons (Fsp3) is 0.391. The summed E-state index contributed by atoms with van der Waals surface area (Å²) in [5.74, 6) is 0.482. The fourth-order valence-electron chi connectivity index (χ4n) is 2.68. The molecule has 4 nitrogen and oxygen atoms in total. The van der Waals surface area contributed by atoms with Gasteiger partial charge in [0.25, 0.3) is 0 Å². The first-order chi connectivity index (χ1) is 13.8. The van der Waals surface area contributed by atoms with Crippen molar-refractivity contribution < 1.29 is 9.59 Å². The van der Waals surface area contributed by atoms with Crippen LogP contribution < -0.4 is 5.32 Å². The molecule has 0 radical (unpaired) electrons. The zero-order valence-electron chi connectivity index (χ0n) is 17.4.